The summed E-state index contributed by atoms with van der Waals surface area (Å²) in [7, 11) is 0. The molecule has 0 aliphatic heterocycles. The molecule has 4 rings (SSSR count). The van der Waals surface area contributed by atoms with Gasteiger partial charge in [-0.25, -0.2) is 4.79 Å². The number of carbonyl (C=O) groups excluding carboxylic acids is 2. The van der Waals surface area contributed by atoms with Crippen LogP contribution in [0.1, 0.15) is 67.9 Å². The van der Waals surface area contributed by atoms with E-state index in [4.69, 9.17) is 9.47 Å². The zero-order valence-electron chi connectivity index (χ0n) is 20.0. The number of nitrogens with one attached hydrogen (secondary N) is 1. The van der Waals surface area contributed by atoms with E-state index in [0.717, 1.165) is 42.0 Å². The third-order valence-corrected chi connectivity index (χ3v) is 6.62. The Morgan fingerprint density at radius 1 is 0.941 bits per heavy atom. The molecule has 34 heavy (non-hydrogen) atoms. The number of benzene rings is 3. The lowest BCUT2D eigenvalue weighted by atomic mass is 9.85. The highest BCUT2D eigenvalue weighted by Gasteiger charge is 2.32. The van der Waals surface area contributed by atoms with E-state index in [-0.39, 0.29) is 23.8 Å². The van der Waals surface area contributed by atoms with Crippen LogP contribution in [0.5, 0.6) is 5.75 Å². The molecule has 0 heterocycles. The Bertz CT molecular complexity index is 1110. The summed E-state index contributed by atoms with van der Waals surface area (Å²) in [4.78, 5) is 25.6. The van der Waals surface area contributed by atoms with Gasteiger partial charge in [0.15, 0.2) is 6.10 Å². The second-order valence-electron chi connectivity index (χ2n) is 8.98. The highest BCUT2D eigenvalue weighted by atomic mass is 16.6. The minimum atomic E-state index is -0.574. The lowest BCUT2D eigenvalue weighted by Gasteiger charge is -2.29. The molecule has 1 N–H and O–H groups in total. The number of rotatable bonds is 8. The van der Waals surface area contributed by atoms with Crippen LogP contribution in [0.15, 0.2) is 66.7 Å². The van der Waals surface area contributed by atoms with Gasteiger partial charge in [-0.1, -0.05) is 67.8 Å². The molecule has 0 radical (unpaired) electrons. The van der Waals surface area contributed by atoms with Crippen molar-refractivity contribution >= 4 is 22.6 Å². The standard InChI is InChI=1S/C29H33NO4/c1-3-33-29(32)27(23-11-5-4-6-12-23)34-24-18-16-21(17-19-24)20(2)30-28(31)26-15-9-13-22-10-7-8-14-25(22)26/h7-10,13-20,23,27H,3-6,11-12H2,1-2H3,(H,30,31). The first-order valence-electron chi connectivity index (χ1n) is 12.3. The fourth-order valence-corrected chi connectivity index (χ4v) is 4.76. The minimum Gasteiger partial charge on any atom is -0.478 e. The van der Waals surface area contributed by atoms with Gasteiger partial charge in [0.25, 0.3) is 5.91 Å². The third kappa shape index (κ3) is 5.58. The van der Waals surface area contributed by atoms with E-state index in [1.54, 1.807) is 0 Å². The molecular formula is C29H33NO4. The lowest BCUT2D eigenvalue weighted by Crippen LogP contribution is -2.37. The molecular weight excluding hydrogens is 426 g/mol. The molecule has 1 saturated carbocycles. The second-order valence-corrected chi connectivity index (χ2v) is 8.98. The molecule has 3 aromatic rings. The van der Waals surface area contributed by atoms with E-state index in [1.807, 2.05) is 80.6 Å². The molecule has 5 nitrogen and oxygen atoms in total. The van der Waals surface area contributed by atoms with Crippen LogP contribution in [0.2, 0.25) is 0 Å². The Balaban J connectivity index is 1.43. The summed E-state index contributed by atoms with van der Waals surface area (Å²) in [6, 6.07) is 21.1. The summed E-state index contributed by atoms with van der Waals surface area (Å²) in [5.41, 5.74) is 1.63. The largest absolute Gasteiger partial charge is 0.478 e. The monoisotopic (exact) mass is 459 g/mol. The Morgan fingerprint density at radius 3 is 2.38 bits per heavy atom. The second kappa shape index (κ2) is 11.2. The predicted octanol–water partition coefficient (Wildman–Crippen LogP) is 6.22. The topological polar surface area (TPSA) is 64.6 Å². The third-order valence-electron chi connectivity index (χ3n) is 6.62. The van der Waals surface area contributed by atoms with Gasteiger partial charge in [-0.2, -0.15) is 0 Å². The van der Waals surface area contributed by atoms with E-state index in [9.17, 15) is 9.59 Å². The van der Waals surface area contributed by atoms with Crippen molar-refractivity contribution in [1.29, 1.82) is 0 Å². The van der Waals surface area contributed by atoms with Gasteiger partial charge in [0, 0.05) is 11.5 Å². The van der Waals surface area contributed by atoms with Gasteiger partial charge in [-0.15, -0.1) is 0 Å². The maximum absolute atomic E-state index is 13.0. The molecule has 178 valence electrons. The number of hydrogen-bond acceptors (Lipinski definition) is 4. The zero-order chi connectivity index (χ0) is 23.9. The van der Waals surface area contributed by atoms with Crippen molar-refractivity contribution in [3.63, 3.8) is 0 Å². The molecule has 3 aromatic carbocycles. The molecule has 1 amide bonds. The maximum atomic E-state index is 13.0. The van der Waals surface area contributed by atoms with Crippen LogP contribution in [-0.4, -0.2) is 24.6 Å². The Morgan fingerprint density at radius 2 is 1.65 bits per heavy atom. The molecule has 0 aromatic heterocycles. The Labute approximate surface area is 201 Å². The zero-order valence-corrected chi connectivity index (χ0v) is 20.0. The highest BCUT2D eigenvalue weighted by molar-refractivity contribution is 6.07. The first-order chi connectivity index (χ1) is 16.6. The number of esters is 1. The van der Waals surface area contributed by atoms with Crippen molar-refractivity contribution in [3.8, 4) is 5.75 Å². The van der Waals surface area contributed by atoms with Crippen molar-refractivity contribution in [2.24, 2.45) is 5.92 Å². The van der Waals surface area contributed by atoms with E-state index >= 15 is 0 Å². The maximum Gasteiger partial charge on any atom is 0.347 e. The molecule has 2 unspecified atom stereocenters. The fourth-order valence-electron chi connectivity index (χ4n) is 4.76. The smallest absolute Gasteiger partial charge is 0.347 e. The van der Waals surface area contributed by atoms with Crippen molar-refractivity contribution in [2.75, 3.05) is 6.61 Å². The van der Waals surface area contributed by atoms with E-state index in [0.29, 0.717) is 17.9 Å². The molecule has 0 spiro atoms. The first kappa shape index (κ1) is 23.8. The Kier molecular flexibility index (Phi) is 7.84. The van der Waals surface area contributed by atoms with Crippen LogP contribution in [0.4, 0.5) is 0 Å². The summed E-state index contributed by atoms with van der Waals surface area (Å²) in [5, 5.41) is 5.07. The summed E-state index contributed by atoms with van der Waals surface area (Å²) in [6.07, 6.45) is 4.85. The van der Waals surface area contributed by atoms with E-state index in [2.05, 4.69) is 5.32 Å². The van der Waals surface area contributed by atoms with Gasteiger partial charge in [0.05, 0.1) is 12.6 Å². The Hall–Kier alpha value is -3.34. The number of amides is 1. The van der Waals surface area contributed by atoms with E-state index in [1.165, 1.54) is 6.42 Å². The van der Waals surface area contributed by atoms with Gasteiger partial charge in [0.2, 0.25) is 0 Å². The molecule has 2 atom stereocenters. The van der Waals surface area contributed by atoms with Crippen molar-refractivity contribution < 1.29 is 19.1 Å². The molecule has 1 aliphatic rings. The van der Waals surface area contributed by atoms with Crippen molar-refractivity contribution in [2.45, 2.75) is 58.1 Å². The van der Waals surface area contributed by atoms with Crippen LogP contribution in [0.3, 0.4) is 0 Å². The van der Waals surface area contributed by atoms with Crippen LogP contribution in [0.25, 0.3) is 10.8 Å². The van der Waals surface area contributed by atoms with Gasteiger partial charge in [-0.3, -0.25) is 4.79 Å². The van der Waals surface area contributed by atoms with E-state index < -0.39 is 6.10 Å². The van der Waals surface area contributed by atoms with Crippen LogP contribution >= 0.6 is 0 Å². The molecule has 0 saturated heterocycles. The normalized spacial score (nSPS) is 15.9. The average molecular weight is 460 g/mol. The SMILES string of the molecule is CCOC(=O)C(Oc1ccc(C(C)NC(=O)c2cccc3ccccc23)cc1)C1CCCCC1. The van der Waals surface area contributed by atoms with Gasteiger partial charge < -0.3 is 14.8 Å². The van der Waals surface area contributed by atoms with Gasteiger partial charge >= 0.3 is 5.97 Å². The van der Waals surface area contributed by atoms with Gasteiger partial charge in [-0.05, 0) is 61.2 Å². The van der Waals surface area contributed by atoms with Gasteiger partial charge in [0.1, 0.15) is 5.75 Å². The van der Waals surface area contributed by atoms with Crippen LogP contribution < -0.4 is 10.1 Å². The highest BCUT2D eigenvalue weighted by Crippen LogP contribution is 2.30. The summed E-state index contributed by atoms with van der Waals surface area (Å²) >= 11 is 0. The van der Waals surface area contributed by atoms with Crippen LogP contribution in [-0.2, 0) is 9.53 Å². The van der Waals surface area contributed by atoms with Crippen molar-refractivity contribution in [1.82, 2.24) is 5.32 Å². The number of fused-ring (bicyclic) bond motifs is 1. The molecule has 1 fully saturated rings. The summed E-state index contributed by atoms with van der Waals surface area (Å²) in [5.74, 6) is 0.435. The van der Waals surface area contributed by atoms with Crippen molar-refractivity contribution in [3.05, 3.63) is 77.9 Å². The number of carbonyl (C=O) groups is 2. The predicted molar refractivity (Wildman–Crippen MR) is 134 cm³/mol. The summed E-state index contributed by atoms with van der Waals surface area (Å²) in [6.45, 7) is 4.12. The summed E-state index contributed by atoms with van der Waals surface area (Å²) < 4.78 is 11.4. The fraction of sp³-hybridized carbons (Fsp3) is 0.379. The number of ether oxygens (including phenoxy) is 2. The lowest BCUT2D eigenvalue weighted by molar-refractivity contribution is -0.154. The van der Waals surface area contributed by atoms with Crippen LogP contribution in [0, 0.1) is 5.92 Å². The molecule has 0 bridgehead atoms. The molecule has 5 heteroatoms. The first-order valence-corrected chi connectivity index (χ1v) is 12.3. The molecule has 1 aliphatic carbocycles. The minimum absolute atomic E-state index is 0.107. The number of hydrogen-bond donors (Lipinski definition) is 1. The quantitative estimate of drug-likeness (QED) is 0.406. The average Bonchev–Trinajstić information content (AvgIpc) is 2.87.